The van der Waals surface area contributed by atoms with Crippen LogP contribution in [0.15, 0.2) is 67.1 Å². The maximum Gasteiger partial charge on any atom is 0.136 e. The van der Waals surface area contributed by atoms with Crippen LogP contribution in [0.1, 0.15) is 30.1 Å². The van der Waals surface area contributed by atoms with Gasteiger partial charge in [-0.05, 0) is 43.7 Å². The molecule has 1 saturated heterocycles. The number of likely N-dealkylation sites (tertiary alicyclic amines) is 1. The molecule has 0 N–H and O–H groups in total. The first kappa shape index (κ1) is 20.5. The Labute approximate surface area is 188 Å². The van der Waals surface area contributed by atoms with Crippen LogP contribution < -0.4 is 4.74 Å². The summed E-state index contributed by atoms with van der Waals surface area (Å²) in [7, 11) is 3.72. The maximum atomic E-state index is 5.46. The van der Waals surface area contributed by atoms with Gasteiger partial charge in [0.1, 0.15) is 17.9 Å². The molecule has 0 bridgehead atoms. The molecule has 0 radical (unpaired) electrons. The van der Waals surface area contributed by atoms with Gasteiger partial charge >= 0.3 is 0 Å². The van der Waals surface area contributed by atoms with Crippen molar-refractivity contribution in [2.24, 2.45) is 7.05 Å². The maximum absolute atomic E-state index is 5.46. The first-order chi connectivity index (χ1) is 15.7. The van der Waals surface area contributed by atoms with Gasteiger partial charge in [0.25, 0.3) is 0 Å². The molecule has 0 amide bonds. The van der Waals surface area contributed by atoms with Crippen LogP contribution in [0.5, 0.6) is 5.75 Å². The molecule has 1 aliphatic rings. The van der Waals surface area contributed by atoms with Gasteiger partial charge in [-0.3, -0.25) is 4.90 Å². The minimum atomic E-state index is 0.403. The number of aryl methyl sites for hydroxylation is 1. The van der Waals surface area contributed by atoms with Crippen molar-refractivity contribution in [3.05, 3.63) is 78.5 Å². The predicted molar refractivity (Wildman–Crippen MR) is 124 cm³/mol. The van der Waals surface area contributed by atoms with Gasteiger partial charge in [0.2, 0.25) is 0 Å². The van der Waals surface area contributed by atoms with Crippen molar-refractivity contribution in [1.29, 1.82) is 0 Å². The quantitative estimate of drug-likeness (QED) is 0.464. The molecule has 1 atom stereocenters. The lowest BCUT2D eigenvalue weighted by Gasteiger charge is -2.32. The second kappa shape index (κ2) is 8.96. The molecule has 4 aromatic rings. The van der Waals surface area contributed by atoms with Crippen LogP contribution >= 0.6 is 0 Å². The Bertz CT molecular complexity index is 1180. The first-order valence-electron chi connectivity index (χ1n) is 11.1. The highest BCUT2D eigenvalue weighted by Crippen LogP contribution is 2.30. The van der Waals surface area contributed by atoms with Crippen molar-refractivity contribution in [3.8, 4) is 22.7 Å². The monoisotopic (exact) mass is 428 g/mol. The predicted octanol–water partition coefficient (Wildman–Crippen LogP) is 4.06. The third-order valence-electron chi connectivity index (χ3n) is 6.16. The Balaban J connectivity index is 1.46. The molecule has 164 valence electrons. The summed E-state index contributed by atoms with van der Waals surface area (Å²) < 4.78 is 9.49. The largest absolute Gasteiger partial charge is 0.497 e. The third-order valence-corrected chi connectivity index (χ3v) is 6.16. The van der Waals surface area contributed by atoms with Gasteiger partial charge in [-0.25, -0.2) is 4.68 Å². The zero-order chi connectivity index (χ0) is 21.9. The Morgan fingerprint density at radius 2 is 1.97 bits per heavy atom. The van der Waals surface area contributed by atoms with E-state index in [9.17, 15) is 0 Å². The highest BCUT2D eigenvalue weighted by atomic mass is 16.5. The molecule has 32 heavy (non-hydrogen) atoms. The molecule has 3 heterocycles. The van der Waals surface area contributed by atoms with Gasteiger partial charge < -0.3 is 9.30 Å². The van der Waals surface area contributed by atoms with Gasteiger partial charge in [0.15, 0.2) is 0 Å². The molecule has 0 unspecified atom stereocenters. The molecule has 0 spiro atoms. The van der Waals surface area contributed by atoms with Gasteiger partial charge in [-0.1, -0.05) is 30.3 Å². The topological polar surface area (TPSA) is 61.0 Å². The lowest BCUT2D eigenvalue weighted by molar-refractivity contribution is 0.195. The number of aromatic nitrogens is 5. The summed E-state index contributed by atoms with van der Waals surface area (Å²) in [5.41, 5.74) is 4.32. The molecule has 7 heteroatoms. The molecular weight excluding hydrogens is 400 g/mol. The van der Waals surface area contributed by atoms with E-state index in [-0.39, 0.29) is 0 Å². The van der Waals surface area contributed by atoms with Crippen molar-refractivity contribution < 1.29 is 4.74 Å². The molecule has 1 fully saturated rings. The summed E-state index contributed by atoms with van der Waals surface area (Å²) >= 11 is 0. The number of hydrogen-bond donors (Lipinski definition) is 0. The molecular formula is C25H28N6O. The van der Waals surface area contributed by atoms with Crippen molar-refractivity contribution in [2.45, 2.75) is 25.3 Å². The Morgan fingerprint density at radius 1 is 1.09 bits per heavy atom. The number of para-hydroxylation sites is 1. The van der Waals surface area contributed by atoms with Crippen LogP contribution in [-0.2, 0) is 13.6 Å². The average Bonchev–Trinajstić information content (AvgIpc) is 3.46. The van der Waals surface area contributed by atoms with E-state index in [0.717, 1.165) is 61.0 Å². The summed E-state index contributed by atoms with van der Waals surface area (Å²) in [5, 5.41) is 13.4. The van der Waals surface area contributed by atoms with Gasteiger partial charge in [-0.15, -0.1) is 10.2 Å². The van der Waals surface area contributed by atoms with E-state index in [4.69, 9.17) is 9.84 Å². The fourth-order valence-corrected chi connectivity index (χ4v) is 4.56. The molecule has 5 rings (SSSR count). The average molecular weight is 429 g/mol. The minimum absolute atomic E-state index is 0.403. The Kier molecular flexibility index (Phi) is 5.73. The lowest BCUT2D eigenvalue weighted by Crippen LogP contribution is -2.34. The number of hydrogen-bond acceptors (Lipinski definition) is 5. The van der Waals surface area contributed by atoms with Crippen LogP contribution in [0.2, 0.25) is 0 Å². The molecule has 0 aliphatic carbocycles. The standard InChI is InChI=1S/C25H28N6O/c1-29-18-26-27-25(29)20-9-7-13-30(15-20)16-21-17-31(22-10-4-3-5-11-22)28-24(21)19-8-6-12-23(14-19)32-2/h3-6,8,10-12,14,17-18,20H,7,9,13,15-16H2,1-2H3/t20-/m0/s1. The number of piperidine rings is 1. The first-order valence-corrected chi connectivity index (χ1v) is 11.1. The summed E-state index contributed by atoms with van der Waals surface area (Å²) in [6.07, 6.45) is 6.25. The van der Waals surface area contributed by atoms with Crippen LogP contribution in [0.3, 0.4) is 0 Å². The zero-order valence-corrected chi connectivity index (χ0v) is 18.6. The van der Waals surface area contributed by atoms with E-state index in [1.807, 2.05) is 46.6 Å². The molecule has 1 aliphatic heterocycles. The normalized spacial score (nSPS) is 16.9. The second-order valence-electron chi connectivity index (χ2n) is 8.39. The van der Waals surface area contributed by atoms with E-state index in [1.54, 1.807) is 13.4 Å². The van der Waals surface area contributed by atoms with E-state index < -0.39 is 0 Å². The SMILES string of the molecule is COc1cccc(-c2nn(-c3ccccc3)cc2CN2CCC[C@H](c3nncn3C)C2)c1. The van der Waals surface area contributed by atoms with Gasteiger partial charge in [-0.2, -0.15) is 5.10 Å². The van der Waals surface area contributed by atoms with E-state index in [1.165, 1.54) is 5.56 Å². The third kappa shape index (κ3) is 4.16. The highest BCUT2D eigenvalue weighted by Gasteiger charge is 2.26. The number of methoxy groups -OCH3 is 1. The van der Waals surface area contributed by atoms with Crippen molar-refractivity contribution in [2.75, 3.05) is 20.2 Å². The summed E-state index contributed by atoms with van der Waals surface area (Å²) in [4.78, 5) is 2.51. The number of nitrogens with zero attached hydrogens (tertiary/aromatic N) is 6. The van der Waals surface area contributed by atoms with Crippen LogP contribution in [0, 0.1) is 0 Å². The molecule has 0 saturated carbocycles. The molecule has 2 aromatic carbocycles. The van der Waals surface area contributed by atoms with Crippen LogP contribution in [0.25, 0.3) is 16.9 Å². The van der Waals surface area contributed by atoms with Crippen LogP contribution in [-0.4, -0.2) is 49.6 Å². The van der Waals surface area contributed by atoms with Gasteiger partial charge in [0, 0.05) is 43.4 Å². The van der Waals surface area contributed by atoms with E-state index in [0.29, 0.717) is 5.92 Å². The second-order valence-corrected chi connectivity index (χ2v) is 8.39. The molecule has 2 aromatic heterocycles. The van der Waals surface area contributed by atoms with Crippen LogP contribution in [0.4, 0.5) is 0 Å². The van der Waals surface area contributed by atoms with E-state index >= 15 is 0 Å². The number of benzene rings is 2. The summed E-state index contributed by atoms with van der Waals surface area (Å²) in [6, 6.07) is 18.4. The fourth-order valence-electron chi connectivity index (χ4n) is 4.56. The number of rotatable bonds is 6. The van der Waals surface area contributed by atoms with Crippen molar-refractivity contribution in [1.82, 2.24) is 29.4 Å². The number of ether oxygens (including phenoxy) is 1. The fraction of sp³-hybridized carbons (Fsp3) is 0.320. The molecule has 7 nitrogen and oxygen atoms in total. The van der Waals surface area contributed by atoms with Gasteiger partial charge in [0.05, 0.1) is 18.5 Å². The smallest absolute Gasteiger partial charge is 0.136 e. The Hall–Kier alpha value is -3.45. The highest BCUT2D eigenvalue weighted by molar-refractivity contribution is 5.65. The minimum Gasteiger partial charge on any atom is -0.497 e. The van der Waals surface area contributed by atoms with Crippen molar-refractivity contribution >= 4 is 0 Å². The van der Waals surface area contributed by atoms with Crippen molar-refractivity contribution in [3.63, 3.8) is 0 Å². The zero-order valence-electron chi connectivity index (χ0n) is 18.6. The summed E-state index contributed by atoms with van der Waals surface area (Å²) in [6.45, 7) is 2.89. The lowest BCUT2D eigenvalue weighted by atomic mass is 9.96. The summed E-state index contributed by atoms with van der Waals surface area (Å²) in [5.74, 6) is 2.31. The Morgan fingerprint density at radius 3 is 2.75 bits per heavy atom. The van der Waals surface area contributed by atoms with E-state index in [2.05, 4.69) is 45.6 Å².